The molecule has 0 radical (unpaired) electrons. The number of hydrogen-bond acceptors (Lipinski definition) is 2. The van der Waals surface area contributed by atoms with Gasteiger partial charge in [0.2, 0.25) is 5.91 Å². The fraction of sp³-hybridized carbons (Fsp3) is 0.562. The highest BCUT2D eigenvalue weighted by atomic mass is 16.5. The Kier molecular flexibility index (Phi) is 4.83. The lowest BCUT2D eigenvalue weighted by molar-refractivity contribution is -0.121. The van der Waals surface area contributed by atoms with Crippen LogP contribution in [-0.2, 0) is 4.79 Å². The largest absolute Gasteiger partial charge is 0.496 e. The van der Waals surface area contributed by atoms with Gasteiger partial charge in [-0.2, -0.15) is 0 Å². The van der Waals surface area contributed by atoms with E-state index in [9.17, 15) is 4.79 Å². The number of nitrogens with one attached hydrogen (secondary N) is 1. The molecule has 1 aliphatic carbocycles. The van der Waals surface area contributed by atoms with Crippen molar-refractivity contribution in [2.45, 2.75) is 38.0 Å². The molecular weight excluding hydrogens is 238 g/mol. The summed E-state index contributed by atoms with van der Waals surface area (Å²) in [6.07, 6.45) is 5.56. The number of rotatable bonds is 5. The van der Waals surface area contributed by atoms with Crippen LogP contribution in [0.15, 0.2) is 24.3 Å². The SMILES string of the molecule is CNC(=O)CC(c1ccccc1OC)C1CCCC1. The van der Waals surface area contributed by atoms with E-state index >= 15 is 0 Å². The van der Waals surface area contributed by atoms with Crippen molar-refractivity contribution in [2.75, 3.05) is 14.2 Å². The Bertz CT molecular complexity index is 425. The van der Waals surface area contributed by atoms with Crippen LogP contribution in [-0.4, -0.2) is 20.1 Å². The summed E-state index contributed by atoms with van der Waals surface area (Å²) in [7, 11) is 3.40. The molecule has 1 aromatic rings. The summed E-state index contributed by atoms with van der Waals surface area (Å²) in [5.74, 6) is 1.90. The first-order chi connectivity index (χ1) is 9.26. The molecule has 0 heterocycles. The van der Waals surface area contributed by atoms with Gasteiger partial charge in [-0.05, 0) is 36.3 Å². The summed E-state index contributed by atoms with van der Waals surface area (Å²) >= 11 is 0. The molecule has 1 atom stereocenters. The third-order valence-corrected chi connectivity index (χ3v) is 4.19. The maximum Gasteiger partial charge on any atom is 0.220 e. The van der Waals surface area contributed by atoms with Gasteiger partial charge < -0.3 is 10.1 Å². The number of hydrogen-bond donors (Lipinski definition) is 1. The number of para-hydroxylation sites is 1. The molecule has 1 aliphatic rings. The summed E-state index contributed by atoms with van der Waals surface area (Å²) in [4.78, 5) is 11.8. The number of ether oxygens (including phenoxy) is 1. The maximum absolute atomic E-state index is 11.8. The normalized spacial score (nSPS) is 17.2. The zero-order valence-corrected chi connectivity index (χ0v) is 11.8. The first-order valence-electron chi connectivity index (χ1n) is 7.09. The van der Waals surface area contributed by atoms with Gasteiger partial charge in [0.15, 0.2) is 0 Å². The first kappa shape index (κ1) is 13.9. The highest BCUT2D eigenvalue weighted by Crippen LogP contribution is 2.42. The van der Waals surface area contributed by atoms with E-state index < -0.39 is 0 Å². The number of carbonyl (C=O) groups excluding carboxylic acids is 1. The molecule has 0 spiro atoms. The van der Waals surface area contributed by atoms with Crippen LogP contribution in [0.5, 0.6) is 5.75 Å². The van der Waals surface area contributed by atoms with Crippen LogP contribution in [0.1, 0.15) is 43.6 Å². The first-order valence-corrected chi connectivity index (χ1v) is 7.09. The maximum atomic E-state index is 11.8. The van der Waals surface area contributed by atoms with Gasteiger partial charge in [0.05, 0.1) is 7.11 Å². The minimum atomic E-state index is 0.114. The average molecular weight is 261 g/mol. The number of amides is 1. The fourth-order valence-electron chi connectivity index (χ4n) is 3.16. The molecule has 2 rings (SSSR count). The Hall–Kier alpha value is -1.51. The van der Waals surface area contributed by atoms with Crippen LogP contribution in [0.3, 0.4) is 0 Å². The minimum Gasteiger partial charge on any atom is -0.496 e. The molecule has 3 nitrogen and oxygen atoms in total. The monoisotopic (exact) mass is 261 g/mol. The highest BCUT2D eigenvalue weighted by Gasteiger charge is 2.29. The van der Waals surface area contributed by atoms with Gasteiger partial charge >= 0.3 is 0 Å². The fourth-order valence-corrected chi connectivity index (χ4v) is 3.16. The Morgan fingerprint density at radius 3 is 2.68 bits per heavy atom. The van der Waals surface area contributed by atoms with Crippen LogP contribution in [0.4, 0.5) is 0 Å². The van der Waals surface area contributed by atoms with Crippen molar-refractivity contribution in [2.24, 2.45) is 5.92 Å². The molecule has 0 saturated heterocycles. The van der Waals surface area contributed by atoms with Crippen LogP contribution >= 0.6 is 0 Å². The molecule has 1 saturated carbocycles. The molecule has 1 N–H and O–H groups in total. The van der Waals surface area contributed by atoms with Gasteiger partial charge in [-0.15, -0.1) is 0 Å². The molecule has 0 aromatic heterocycles. The molecule has 1 aromatic carbocycles. The molecule has 104 valence electrons. The second-order valence-electron chi connectivity index (χ2n) is 5.27. The quantitative estimate of drug-likeness (QED) is 0.884. The van der Waals surface area contributed by atoms with Gasteiger partial charge in [-0.25, -0.2) is 0 Å². The minimum absolute atomic E-state index is 0.114. The number of carbonyl (C=O) groups is 1. The molecular formula is C16H23NO2. The number of methoxy groups -OCH3 is 1. The van der Waals surface area contributed by atoms with Gasteiger partial charge in [0.25, 0.3) is 0 Å². The van der Waals surface area contributed by atoms with Crippen molar-refractivity contribution in [1.82, 2.24) is 5.32 Å². The second kappa shape index (κ2) is 6.60. The Labute approximate surface area is 115 Å². The topological polar surface area (TPSA) is 38.3 Å². The summed E-state index contributed by atoms with van der Waals surface area (Å²) < 4.78 is 5.47. The summed E-state index contributed by atoms with van der Waals surface area (Å²) in [5.41, 5.74) is 1.18. The predicted octanol–water partition coefficient (Wildman–Crippen LogP) is 3.11. The molecule has 19 heavy (non-hydrogen) atoms. The van der Waals surface area contributed by atoms with Gasteiger partial charge in [-0.3, -0.25) is 4.79 Å². The lowest BCUT2D eigenvalue weighted by atomic mass is 9.82. The van der Waals surface area contributed by atoms with Crippen molar-refractivity contribution >= 4 is 5.91 Å². The van der Waals surface area contributed by atoms with E-state index in [1.165, 1.54) is 31.2 Å². The van der Waals surface area contributed by atoms with Crippen molar-refractivity contribution < 1.29 is 9.53 Å². The van der Waals surface area contributed by atoms with Crippen molar-refractivity contribution in [3.8, 4) is 5.75 Å². The van der Waals surface area contributed by atoms with Gasteiger partial charge in [0, 0.05) is 13.5 Å². The van der Waals surface area contributed by atoms with E-state index in [2.05, 4.69) is 11.4 Å². The highest BCUT2D eigenvalue weighted by molar-refractivity contribution is 5.76. The van der Waals surface area contributed by atoms with E-state index in [1.54, 1.807) is 14.2 Å². The lowest BCUT2D eigenvalue weighted by Crippen LogP contribution is -2.23. The van der Waals surface area contributed by atoms with Gasteiger partial charge in [0.1, 0.15) is 5.75 Å². The van der Waals surface area contributed by atoms with E-state index in [1.807, 2.05) is 18.2 Å². The van der Waals surface area contributed by atoms with Crippen molar-refractivity contribution in [1.29, 1.82) is 0 Å². The Balaban J connectivity index is 2.27. The molecule has 1 amide bonds. The van der Waals surface area contributed by atoms with Crippen LogP contribution in [0, 0.1) is 5.92 Å². The Morgan fingerprint density at radius 1 is 1.37 bits per heavy atom. The molecule has 0 bridgehead atoms. The van der Waals surface area contributed by atoms with E-state index in [0.29, 0.717) is 12.3 Å². The summed E-state index contributed by atoms with van der Waals surface area (Å²) in [5, 5.41) is 2.75. The zero-order chi connectivity index (χ0) is 13.7. The van der Waals surface area contributed by atoms with E-state index in [-0.39, 0.29) is 11.8 Å². The smallest absolute Gasteiger partial charge is 0.220 e. The van der Waals surface area contributed by atoms with Crippen LogP contribution in [0.2, 0.25) is 0 Å². The molecule has 3 heteroatoms. The lowest BCUT2D eigenvalue weighted by Gasteiger charge is -2.25. The molecule has 1 fully saturated rings. The number of benzene rings is 1. The van der Waals surface area contributed by atoms with Crippen molar-refractivity contribution in [3.63, 3.8) is 0 Å². The second-order valence-corrected chi connectivity index (χ2v) is 5.27. The molecule has 1 unspecified atom stereocenters. The predicted molar refractivity (Wildman–Crippen MR) is 76.4 cm³/mol. The zero-order valence-electron chi connectivity index (χ0n) is 11.8. The summed E-state index contributed by atoms with van der Waals surface area (Å²) in [6, 6.07) is 8.10. The summed E-state index contributed by atoms with van der Waals surface area (Å²) in [6.45, 7) is 0. The van der Waals surface area contributed by atoms with E-state index in [0.717, 1.165) is 5.75 Å². The van der Waals surface area contributed by atoms with Crippen LogP contribution < -0.4 is 10.1 Å². The van der Waals surface area contributed by atoms with E-state index in [4.69, 9.17) is 4.74 Å². The van der Waals surface area contributed by atoms with Crippen LogP contribution in [0.25, 0.3) is 0 Å². The van der Waals surface area contributed by atoms with Crippen molar-refractivity contribution in [3.05, 3.63) is 29.8 Å². The third-order valence-electron chi connectivity index (χ3n) is 4.19. The third kappa shape index (κ3) is 3.28. The molecule has 0 aliphatic heterocycles. The standard InChI is InChI=1S/C16H23NO2/c1-17-16(18)11-14(12-7-3-4-8-12)13-9-5-6-10-15(13)19-2/h5-6,9-10,12,14H,3-4,7-8,11H2,1-2H3,(H,17,18). The average Bonchev–Trinajstić information content (AvgIpc) is 2.98. The van der Waals surface area contributed by atoms with Gasteiger partial charge in [-0.1, -0.05) is 31.0 Å². The Morgan fingerprint density at radius 2 is 2.05 bits per heavy atom.